The number of ether oxygens (including phenoxy) is 2. The summed E-state index contributed by atoms with van der Waals surface area (Å²) in [7, 11) is 1.61. The molecule has 1 N–H and O–H groups in total. The van der Waals surface area contributed by atoms with Gasteiger partial charge < -0.3 is 19.0 Å². The zero-order valence-corrected chi connectivity index (χ0v) is 13.9. The Morgan fingerprint density at radius 1 is 1.04 bits per heavy atom. The van der Waals surface area contributed by atoms with Gasteiger partial charge in [0.1, 0.15) is 0 Å². The number of hydrogen-bond acceptors (Lipinski definition) is 5. The maximum atomic E-state index is 5.60. The van der Waals surface area contributed by atoms with Crippen LogP contribution in [0.15, 0.2) is 53.2 Å². The van der Waals surface area contributed by atoms with Gasteiger partial charge in [0.15, 0.2) is 11.5 Å². The molecule has 25 heavy (non-hydrogen) atoms. The maximum absolute atomic E-state index is 5.60. The van der Waals surface area contributed by atoms with E-state index < -0.39 is 0 Å². The van der Waals surface area contributed by atoms with Gasteiger partial charge in [0, 0.05) is 28.2 Å². The van der Waals surface area contributed by atoms with Crippen LogP contribution in [0.5, 0.6) is 11.5 Å². The fourth-order valence-electron chi connectivity index (χ4n) is 2.73. The highest BCUT2D eigenvalue weighted by atomic mass is 16.5. The van der Waals surface area contributed by atoms with Crippen molar-refractivity contribution < 1.29 is 14.0 Å². The molecule has 4 aromatic rings. The van der Waals surface area contributed by atoms with Crippen molar-refractivity contribution in [3.63, 3.8) is 0 Å². The summed E-state index contributed by atoms with van der Waals surface area (Å²) in [5, 5.41) is 5.21. The fraction of sp³-hybridized carbons (Fsp3) is 0.158. The fourth-order valence-corrected chi connectivity index (χ4v) is 2.73. The number of aromatic nitrogens is 3. The Balaban J connectivity index is 1.69. The van der Waals surface area contributed by atoms with E-state index in [4.69, 9.17) is 14.0 Å². The molecule has 126 valence electrons. The van der Waals surface area contributed by atoms with Crippen molar-refractivity contribution in [1.82, 2.24) is 15.1 Å². The zero-order valence-electron chi connectivity index (χ0n) is 13.9. The van der Waals surface area contributed by atoms with E-state index >= 15 is 0 Å². The Bertz CT molecular complexity index is 1020. The molecule has 0 saturated heterocycles. The maximum Gasteiger partial charge on any atom is 0.258 e. The van der Waals surface area contributed by atoms with Gasteiger partial charge >= 0.3 is 0 Å². The Kier molecular flexibility index (Phi) is 3.85. The first-order chi connectivity index (χ1) is 12.3. The topological polar surface area (TPSA) is 73.2 Å². The van der Waals surface area contributed by atoms with E-state index in [1.54, 1.807) is 7.11 Å². The van der Waals surface area contributed by atoms with Gasteiger partial charge in [-0.15, -0.1) is 0 Å². The normalized spacial score (nSPS) is 11.0. The third kappa shape index (κ3) is 2.82. The zero-order chi connectivity index (χ0) is 17.2. The SMILES string of the molecule is CCOc1cc(-c2nc(-c3ccc4[nH]ccc4c3)no2)ccc1OC. The number of hydrogen-bond donors (Lipinski definition) is 1. The molecule has 0 aliphatic carbocycles. The molecule has 0 amide bonds. The molecule has 0 aliphatic heterocycles. The average molecular weight is 335 g/mol. The summed E-state index contributed by atoms with van der Waals surface area (Å²) in [6.45, 7) is 2.47. The van der Waals surface area contributed by atoms with E-state index in [-0.39, 0.29) is 0 Å². The number of benzene rings is 2. The quantitative estimate of drug-likeness (QED) is 0.589. The van der Waals surface area contributed by atoms with Gasteiger partial charge in [-0.3, -0.25) is 0 Å². The number of H-pyrrole nitrogens is 1. The van der Waals surface area contributed by atoms with Crippen LogP contribution in [-0.2, 0) is 0 Å². The lowest BCUT2D eigenvalue weighted by Crippen LogP contribution is -1.95. The Hall–Kier alpha value is -3.28. The number of rotatable bonds is 5. The lowest BCUT2D eigenvalue weighted by atomic mass is 10.1. The number of nitrogens with zero attached hydrogens (tertiary/aromatic N) is 2. The van der Waals surface area contributed by atoms with Gasteiger partial charge in [0.2, 0.25) is 5.82 Å². The smallest absolute Gasteiger partial charge is 0.258 e. The molecular weight excluding hydrogens is 318 g/mol. The van der Waals surface area contributed by atoms with Gasteiger partial charge in [0.05, 0.1) is 13.7 Å². The molecule has 2 heterocycles. The Morgan fingerprint density at radius 2 is 1.92 bits per heavy atom. The second-order valence-corrected chi connectivity index (χ2v) is 5.50. The van der Waals surface area contributed by atoms with E-state index in [0.717, 1.165) is 22.0 Å². The summed E-state index contributed by atoms with van der Waals surface area (Å²) >= 11 is 0. The first-order valence-electron chi connectivity index (χ1n) is 8.01. The molecule has 2 aromatic carbocycles. The summed E-state index contributed by atoms with van der Waals surface area (Å²) in [5.41, 5.74) is 2.76. The number of methoxy groups -OCH3 is 1. The lowest BCUT2D eigenvalue weighted by Gasteiger charge is -2.09. The second kappa shape index (κ2) is 6.32. The predicted molar refractivity (Wildman–Crippen MR) is 94.7 cm³/mol. The highest BCUT2D eigenvalue weighted by Crippen LogP contribution is 2.33. The van der Waals surface area contributed by atoms with Crippen molar-refractivity contribution in [3.8, 4) is 34.3 Å². The first kappa shape index (κ1) is 15.3. The average Bonchev–Trinajstić information content (AvgIpc) is 3.30. The van der Waals surface area contributed by atoms with Crippen LogP contribution in [0.4, 0.5) is 0 Å². The van der Waals surface area contributed by atoms with Crippen LogP contribution < -0.4 is 9.47 Å². The molecular formula is C19H17N3O3. The summed E-state index contributed by atoms with van der Waals surface area (Å²) in [6, 6.07) is 13.5. The summed E-state index contributed by atoms with van der Waals surface area (Å²) in [6.07, 6.45) is 1.91. The van der Waals surface area contributed by atoms with Crippen LogP contribution in [-0.4, -0.2) is 28.8 Å². The van der Waals surface area contributed by atoms with Crippen LogP contribution in [0.2, 0.25) is 0 Å². The van der Waals surface area contributed by atoms with Crippen molar-refractivity contribution in [2.45, 2.75) is 6.92 Å². The standard InChI is InChI=1S/C19H17N3O3/c1-3-24-17-11-14(5-7-16(17)23-2)19-21-18(22-25-19)13-4-6-15-12(10-13)8-9-20-15/h4-11,20H,3H2,1-2H3. The van der Waals surface area contributed by atoms with Crippen LogP contribution >= 0.6 is 0 Å². The van der Waals surface area contributed by atoms with Crippen LogP contribution in [0.3, 0.4) is 0 Å². The lowest BCUT2D eigenvalue weighted by molar-refractivity contribution is 0.311. The van der Waals surface area contributed by atoms with Crippen molar-refractivity contribution in [3.05, 3.63) is 48.7 Å². The van der Waals surface area contributed by atoms with Crippen LogP contribution in [0, 0.1) is 0 Å². The summed E-state index contributed by atoms with van der Waals surface area (Å²) < 4.78 is 16.3. The molecule has 0 radical (unpaired) electrons. The van der Waals surface area contributed by atoms with Gasteiger partial charge in [-0.25, -0.2) is 0 Å². The minimum atomic E-state index is 0.438. The van der Waals surface area contributed by atoms with Gasteiger partial charge in [-0.05, 0) is 49.4 Å². The third-order valence-corrected chi connectivity index (χ3v) is 3.95. The van der Waals surface area contributed by atoms with E-state index in [0.29, 0.717) is 29.8 Å². The molecule has 0 saturated carbocycles. The van der Waals surface area contributed by atoms with Gasteiger partial charge in [-0.1, -0.05) is 5.16 Å². The van der Waals surface area contributed by atoms with Crippen molar-refractivity contribution >= 4 is 10.9 Å². The first-order valence-corrected chi connectivity index (χ1v) is 8.01. The minimum Gasteiger partial charge on any atom is -0.493 e. The number of nitrogens with one attached hydrogen (secondary N) is 1. The van der Waals surface area contributed by atoms with Crippen molar-refractivity contribution in [2.75, 3.05) is 13.7 Å². The Morgan fingerprint density at radius 3 is 2.76 bits per heavy atom. The molecule has 4 rings (SSSR count). The van der Waals surface area contributed by atoms with Crippen molar-refractivity contribution in [2.24, 2.45) is 0 Å². The predicted octanol–water partition coefficient (Wildman–Crippen LogP) is 4.29. The van der Waals surface area contributed by atoms with Gasteiger partial charge in [-0.2, -0.15) is 4.98 Å². The van der Waals surface area contributed by atoms with E-state index in [1.165, 1.54) is 0 Å². The van der Waals surface area contributed by atoms with Crippen LogP contribution in [0.25, 0.3) is 33.7 Å². The largest absolute Gasteiger partial charge is 0.493 e. The summed E-state index contributed by atoms with van der Waals surface area (Å²) in [4.78, 5) is 7.68. The number of fused-ring (bicyclic) bond motifs is 1. The monoisotopic (exact) mass is 335 g/mol. The second-order valence-electron chi connectivity index (χ2n) is 5.50. The molecule has 0 bridgehead atoms. The third-order valence-electron chi connectivity index (χ3n) is 3.95. The molecule has 0 atom stereocenters. The van der Waals surface area contributed by atoms with E-state index in [2.05, 4.69) is 15.1 Å². The highest BCUT2D eigenvalue weighted by molar-refractivity contribution is 5.83. The molecule has 0 fully saturated rings. The Labute approximate surface area is 144 Å². The van der Waals surface area contributed by atoms with E-state index in [1.807, 2.05) is 55.6 Å². The minimum absolute atomic E-state index is 0.438. The molecule has 6 nitrogen and oxygen atoms in total. The molecule has 6 heteroatoms. The number of aromatic amines is 1. The van der Waals surface area contributed by atoms with Crippen LogP contribution in [0.1, 0.15) is 6.92 Å². The summed E-state index contributed by atoms with van der Waals surface area (Å²) in [5.74, 6) is 2.30. The molecule has 0 aliphatic rings. The van der Waals surface area contributed by atoms with Crippen molar-refractivity contribution in [1.29, 1.82) is 0 Å². The molecule has 0 spiro atoms. The molecule has 0 unspecified atom stereocenters. The van der Waals surface area contributed by atoms with Gasteiger partial charge in [0.25, 0.3) is 5.89 Å². The highest BCUT2D eigenvalue weighted by Gasteiger charge is 2.14. The van der Waals surface area contributed by atoms with E-state index in [9.17, 15) is 0 Å². The molecule has 2 aromatic heterocycles.